The third kappa shape index (κ3) is 8.72. The van der Waals surface area contributed by atoms with Crippen LogP contribution in [-0.4, -0.2) is 39.2 Å². The van der Waals surface area contributed by atoms with Crippen LogP contribution in [0, 0.1) is 11.8 Å². The van der Waals surface area contributed by atoms with Gasteiger partial charge in [-0.3, -0.25) is 13.8 Å². The molecule has 0 spiro atoms. The van der Waals surface area contributed by atoms with Crippen molar-refractivity contribution >= 4 is 23.0 Å². The molecule has 0 N–H and O–H groups in total. The van der Waals surface area contributed by atoms with Gasteiger partial charge in [0, 0.05) is 0 Å². The summed E-state index contributed by atoms with van der Waals surface area (Å²) in [5, 5.41) is -1.50. The molecule has 0 rings (SSSR count). The van der Waals surface area contributed by atoms with E-state index in [1.807, 2.05) is 27.7 Å². The number of hydrogen-bond donors (Lipinski definition) is 0. The Morgan fingerprint density at radius 1 is 1.05 bits per heavy atom. The lowest BCUT2D eigenvalue weighted by atomic mass is 10.2. The van der Waals surface area contributed by atoms with Gasteiger partial charge in [0.25, 0.3) is 0 Å². The third-order valence-electron chi connectivity index (χ3n) is 1.98. The van der Waals surface area contributed by atoms with Crippen molar-refractivity contribution in [3.05, 3.63) is 0 Å². The summed E-state index contributed by atoms with van der Waals surface area (Å²) in [4.78, 5) is 22.9. The van der Waals surface area contributed by atoms with Crippen LogP contribution >= 0.6 is 0 Å². The van der Waals surface area contributed by atoms with E-state index in [4.69, 9.17) is 9.47 Å². The van der Waals surface area contributed by atoms with Crippen LogP contribution in [0.3, 0.4) is 0 Å². The second kappa shape index (κ2) is 9.03. The summed E-state index contributed by atoms with van der Waals surface area (Å²) in [6, 6.07) is 0. The molecule has 0 aliphatic rings. The fraction of sp³-hybridized carbons (Fsp3) is 0.833. The largest absolute Gasteiger partial charge is 0.772 e. The third-order valence-corrected chi connectivity index (χ3v) is 2.81. The Hall–Kier alpha value is -0.950. The second-order valence-corrected chi connectivity index (χ2v) is 6.14. The lowest BCUT2D eigenvalue weighted by Crippen LogP contribution is -2.32. The van der Waals surface area contributed by atoms with Crippen LogP contribution in [0.2, 0.25) is 0 Å². The fourth-order valence-electron chi connectivity index (χ4n) is 1.04. The minimum Gasteiger partial charge on any atom is -0.772 e. The van der Waals surface area contributed by atoms with E-state index in [2.05, 4.69) is 0 Å². The van der Waals surface area contributed by atoms with Gasteiger partial charge in [0.2, 0.25) is 0 Å². The van der Waals surface area contributed by atoms with Crippen LogP contribution in [-0.2, 0) is 30.1 Å². The van der Waals surface area contributed by atoms with Gasteiger partial charge in [-0.15, -0.1) is 0 Å². The average Bonchev–Trinajstić information content (AvgIpc) is 2.29. The Morgan fingerprint density at radius 3 is 1.95 bits per heavy atom. The molecule has 0 saturated carbocycles. The summed E-state index contributed by atoms with van der Waals surface area (Å²) in [5.74, 6) is -1.39. The minimum absolute atomic E-state index is 0.0950. The van der Waals surface area contributed by atoms with Gasteiger partial charge in [-0.2, -0.15) is 0 Å². The first kappa shape index (κ1) is 18.0. The predicted molar refractivity (Wildman–Crippen MR) is 68.9 cm³/mol. The Morgan fingerprint density at radius 2 is 1.53 bits per heavy atom. The van der Waals surface area contributed by atoms with Crippen LogP contribution in [0.25, 0.3) is 0 Å². The Labute approximate surface area is 116 Å². The van der Waals surface area contributed by atoms with Crippen molar-refractivity contribution in [2.75, 3.05) is 13.2 Å². The molecule has 0 aliphatic carbocycles. The molecule has 0 amide bonds. The first-order valence-corrected chi connectivity index (χ1v) is 7.28. The summed E-state index contributed by atoms with van der Waals surface area (Å²) in [6.07, 6.45) is -0.514. The molecular formula is C12H21O6S-. The fourth-order valence-corrected chi connectivity index (χ4v) is 1.54. The quantitative estimate of drug-likeness (QED) is 0.490. The molecule has 0 saturated heterocycles. The van der Waals surface area contributed by atoms with Gasteiger partial charge in [0.15, 0.2) is 0 Å². The van der Waals surface area contributed by atoms with E-state index in [0.717, 1.165) is 0 Å². The Balaban J connectivity index is 4.36. The Bertz CT molecular complexity index is 326. The van der Waals surface area contributed by atoms with Gasteiger partial charge in [-0.25, -0.2) is 0 Å². The van der Waals surface area contributed by atoms with E-state index in [0.29, 0.717) is 0 Å². The molecule has 19 heavy (non-hydrogen) atoms. The molecule has 0 heterocycles. The molecule has 0 aromatic carbocycles. The normalized spacial score (nSPS) is 14.3. The van der Waals surface area contributed by atoms with E-state index < -0.39 is 34.7 Å². The molecule has 0 bridgehead atoms. The predicted octanol–water partition coefficient (Wildman–Crippen LogP) is 1.02. The number of ether oxygens (including phenoxy) is 2. The molecule has 0 aliphatic heterocycles. The maximum Gasteiger partial charge on any atom is 0.321 e. The first-order valence-electron chi connectivity index (χ1n) is 6.14. The van der Waals surface area contributed by atoms with Gasteiger partial charge in [0.05, 0.1) is 19.6 Å². The van der Waals surface area contributed by atoms with Crippen LogP contribution < -0.4 is 0 Å². The van der Waals surface area contributed by atoms with Gasteiger partial charge < -0.3 is 14.0 Å². The van der Waals surface area contributed by atoms with Crippen LogP contribution in [0.4, 0.5) is 0 Å². The van der Waals surface area contributed by atoms with Gasteiger partial charge >= 0.3 is 11.9 Å². The van der Waals surface area contributed by atoms with Crippen molar-refractivity contribution in [2.45, 2.75) is 39.4 Å². The number of rotatable bonds is 8. The maximum absolute atomic E-state index is 11.5. The number of carbonyl (C=O) groups excluding carboxylic acids is 2. The van der Waals surface area contributed by atoms with Crippen LogP contribution in [0.15, 0.2) is 0 Å². The summed E-state index contributed by atoms with van der Waals surface area (Å²) in [5.41, 5.74) is 0. The highest BCUT2D eigenvalue weighted by Crippen LogP contribution is 2.07. The van der Waals surface area contributed by atoms with Crippen molar-refractivity contribution in [2.24, 2.45) is 11.8 Å². The molecule has 0 fully saturated rings. The summed E-state index contributed by atoms with van der Waals surface area (Å²) < 4.78 is 31.6. The standard InChI is InChI=1S/C12H22O6S/c1-8(2)6-17-11(13)5-10(19(15)16)12(14)18-7-9(3)4/h8-10H,5-7H2,1-4H3,(H,15,16)/p-1. The van der Waals surface area contributed by atoms with Crippen molar-refractivity contribution in [1.82, 2.24) is 0 Å². The van der Waals surface area contributed by atoms with Crippen molar-refractivity contribution in [3.63, 3.8) is 0 Å². The average molecular weight is 293 g/mol. The van der Waals surface area contributed by atoms with Crippen molar-refractivity contribution in [3.8, 4) is 0 Å². The molecule has 6 nitrogen and oxygen atoms in total. The number of esters is 2. The van der Waals surface area contributed by atoms with E-state index >= 15 is 0 Å². The van der Waals surface area contributed by atoms with E-state index in [1.54, 1.807) is 0 Å². The van der Waals surface area contributed by atoms with Crippen LogP contribution in [0.1, 0.15) is 34.1 Å². The molecule has 0 radical (unpaired) electrons. The van der Waals surface area contributed by atoms with Gasteiger partial charge in [0.1, 0.15) is 5.25 Å². The van der Waals surface area contributed by atoms with Crippen molar-refractivity contribution < 1.29 is 27.8 Å². The molecule has 7 heteroatoms. The summed E-state index contributed by atoms with van der Waals surface area (Å²) >= 11 is -2.71. The lowest BCUT2D eigenvalue weighted by molar-refractivity contribution is -0.151. The smallest absolute Gasteiger partial charge is 0.321 e. The zero-order valence-electron chi connectivity index (χ0n) is 11.7. The number of hydrogen-bond acceptors (Lipinski definition) is 6. The molecule has 112 valence electrons. The van der Waals surface area contributed by atoms with E-state index in [9.17, 15) is 18.4 Å². The topological polar surface area (TPSA) is 92.7 Å². The lowest BCUT2D eigenvalue weighted by Gasteiger charge is -2.18. The molecule has 2 unspecified atom stereocenters. The highest BCUT2D eigenvalue weighted by molar-refractivity contribution is 7.80. The van der Waals surface area contributed by atoms with Crippen molar-refractivity contribution in [1.29, 1.82) is 0 Å². The number of carbonyl (C=O) groups is 2. The van der Waals surface area contributed by atoms with Gasteiger partial charge in [-0.05, 0) is 22.9 Å². The maximum atomic E-state index is 11.5. The monoisotopic (exact) mass is 293 g/mol. The highest BCUT2D eigenvalue weighted by Gasteiger charge is 2.25. The Kier molecular flexibility index (Phi) is 8.58. The zero-order valence-corrected chi connectivity index (χ0v) is 12.5. The molecule has 0 aromatic heterocycles. The second-order valence-electron chi connectivity index (χ2n) is 5.05. The minimum atomic E-state index is -2.71. The molecular weight excluding hydrogens is 272 g/mol. The highest BCUT2D eigenvalue weighted by atomic mass is 32.2. The zero-order chi connectivity index (χ0) is 15.0. The summed E-state index contributed by atoms with van der Waals surface area (Å²) in [6.45, 7) is 7.67. The van der Waals surface area contributed by atoms with E-state index in [1.165, 1.54) is 0 Å². The molecule has 0 aromatic rings. The molecule has 2 atom stereocenters. The first-order chi connectivity index (χ1) is 8.73. The van der Waals surface area contributed by atoms with E-state index in [-0.39, 0.29) is 25.0 Å². The SMILES string of the molecule is CC(C)COC(=O)CC(C(=O)OCC(C)C)S(=O)[O-]. The summed E-state index contributed by atoms with van der Waals surface area (Å²) in [7, 11) is 0. The van der Waals surface area contributed by atoms with Crippen LogP contribution in [0.5, 0.6) is 0 Å². The van der Waals surface area contributed by atoms with Gasteiger partial charge in [-0.1, -0.05) is 27.7 Å².